The molecule has 0 amide bonds. The summed E-state index contributed by atoms with van der Waals surface area (Å²) < 4.78 is 31.7. The fraction of sp³-hybridized carbons (Fsp3) is 0.857. The van der Waals surface area contributed by atoms with Gasteiger partial charge in [-0.2, -0.15) is 13.2 Å². The number of aliphatic hydroxyl groups is 2. The first-order valence-electron chi connectivity index (χ1n) is 3.68. The monoisotopic (exact) mass is 220 g/mol. The van der Waals surface area contributed by atoms with Crippen molar-refractivity contribution in [2.24, 2.45) is 0 Å². The molecule has 7 heteroatoms. The third-order valence-corrected chi connectivity index (χ3v) is 0.243. The molecular formula is C7H15F3O4. The molecule has 0 aromatic heterocycles. The van der Waals surface area contributed by atoms with Gasteiger partial charge in [0, 0.05) is 12.7 Å². The van der Waals surface area contributed by atoms with Gasteiger partial charge in [0.05, 0.1) is 0 Å². The summed E-state index contributed by atoms with van der Waals surface area (Å²) in [6.07, 6.45) is -5.25. The molecule has 0 atom stereocenters. The first-order chi connectivity index (χ1) is 6.09. The second-order valence-corrected chi connectivity index (χ2v) is 2.21. The van der Waals surface area contributed by atoms with Gasteiger partial charge in [0.15, 0.2) is 0 Å². The predicted octanol–water partition coefficient (Wildman–Crippen LogP) is 1.02. The third kappa shape index (κ3) is 43.2. The largest absolute Gasteiger partial charge is 0.490 e. The lowest BCUT2D eigenvalue weighted by atomic mass is 10.5. The number of carboxylic acid groups (broad SMARTS) is 1. The molecule has 0 aromatic rings. The number of alkyl halides is 3. The van der Waals surface area contributed by atoms with E-state index >= 15 is 0 Å². The van der Waals surface area contributed by atoms with Gasteiger partial charge in [0.25, 0.3) is 0 Å². The summed E-state index contributed by atoms with van der Waals surface area (Å²) >= 11 is 0. The Hall–Kier alpha value is -0.820. The number of aliphatic carboxylic acids is 1. The van der Waals surface area contributed by atoms with E-state index in [-0.39, 0.29) is 12.7 Å². The number of halogens is 3. The van der Waals surface area contributed by atoms with Gasteiger partial charge in [-0.15, -0.1) is 0 Å². The normalized spacial score (nSPS) is 9.50. The topological polar surface area (TPSA) is 77.8 Å². The summed E-state index contributed by atoms with van der Waals surface area (Å²) in [5.41, 5.74) is 0. The van der Waals surface area contributed by atoms with Gasteiger partial charge in [-0.05, 0) is 20.8 Å². The molecule has 0 aliphatic rings. The van der Waals surface area contributed by atoms with Crippen LogP contribution in [0, 0.1) is 0 Å². The first kappa shape index (κ1) is 18.9. The number of carbonyl (C=O) groups is 1. The zero-order valence-corrected chi connectivity index (χ0v) is 8.17. The summed E-state index contributed by atoms with van der Waals surface area (Å²) in [6, 6.07) is 0. The van der Waals surface area contributed by atoms with Crippen molar-refractivity contribution in [1.82, 2.24) is 0 Å². The number of carboxylic acids is 1. The molecule has 0 fully saturated rings. The van der Waals surface area contributed by atoms with Crippen LogP contribution in [0.5, 0.6) is 0 Å². The highest BCUT2D eigenvalue weighted by Crippen LogP contribution is 2.13. The molecule has 0 radical (unpaired) electrons. The number of aliphatic hydroxyl groups excluding tert-OH is 2. The van der Waals surface area contributed by atoms with Crippen molar-refractivity contribution in [2.75, 3.05) is 6.61 Å². The number of hydrogen-bond donors (Lipinski definition) is 3. The summed E-state index contributed by atoms with van der Waals surface area (Å²) in [7, 11) is 0. The van der Waals surface area contributed by atoms with Gasteiger partial charge in [-0.3, -0.25) is 0 Å². The first-order valence-corrected chi connectivity index (χ1v) is 3.68. The second kappa shape index (κ2) is 10.3. The highest BCUT2D eigenvalue weighted by molar-refractivity contribution is 5.73. The average Bonchev–Trinajstić information content (AvgIpc) is 1.84. The average molecular weight is 220 g/mol. The third-order valence-electron chi connectivity index (χ3n) is 0.243. The van der Waals surface area contributed by atoms with Crippen molar-refractivity contribution in [3.05, 3.63) is 0 Å². The standard InChI is InChI=1S/C3H8O.C2HF3O2.C2H6O/c1-3(2)4;3-2(4,5)1(6)7;1-2-3/h3-4H,1-2H3;(H,6,7);3H,2H2,1H3. The van der Waals surface area contributed by atoms with Crippen LogP contribution in [0.15, 0.2) is 0 Å². The maximum atomic E-state index is 10.6. The molecule has 0 heterocycles. The van der Waals surface area contributed by atoms with E-state index in [2.05, 4.69) is 0 Å². The molecule has 4 nitrogen and oxygen atoms in total. The van der Waals surface area contributed by atoms with Gasteiger partial charge in [-0.1, -0.05) is 0 Å². The molecule has 3 N–H and O–H groups in total. The molecule has 0 bridgehead atoms. The summed E-state index contributed by atoms with van der Waals surface area (Å²) in [4.78, 5) is 8.90. The highest BCUT2D eigenvalue weighted by atomic mass is 19.4. The summed E-state index contributed by atoms with van der Waals surface area (Å²) in [5, 5.41) is 22.8. The van der Waals surface area contributed by atoms with E-state index in [0.717, 1.165) is 0 Å². The minimum Gasteiger partial charge on any atom is -0.475 e. The van der Waals surface area contributed by atoms with Gasteiger partial charge >= 0.3 is 12.1 Å². The van der Waals surface area contributed by atoms with Crippen LogP contribution in [0.1, 0.15) is 20.8 Å². The Morgan fingerprint density at radius 1 is 1.36 bits per heavy atom. The van der Waals surface area contributed by atoms with Crippen LogP contribution in [0.25, 0.3) is 0 Å². The molecule has 0 spiro atoms. The smallest absolute Gasteiger partial charge is 0.475 e. The number of rotatable bonds is 0. The van der Waals surface area contributed by atoms with Crippen LogP contribution in [0.4, 0.5) is 13.2 Å². The zero-order valence-electron chi connectivity index (χ0n) is 8.17. The van der Waals surface area contributed by atoms with Crippen molar-refractivity contribution in [2.45, 2.75) is 33.1 Å². The predicted molar refractivity (Wildman–Crippen MR) is 43.8 cm³/mol. The maximum Gasteiger partial charge on any atom is 0.490 e. The summed E-state index contributed by atoms with van der Waals surface area (Å²) in [6.45, 7) is 5.38. The van der Waals surface area contributed by atoms with Gasteiger partial charge < -0.3 is 15.3 Å². The Balaban J connectivity index is -0.000000147. The van der Waals surface area contributed by atoms with Crippen LogP contribution in [0.3, 0.4) is 0 Å². The Labute approximate surface area is 80.0 Å². The van der Waals surface area contributed by atoms with E-state index in [4.69, 9.17) is 20.1 Å². The second-order valence-electron chi connectivity index (χ2n) is 2.21. The van der Waals surface area contributed by atoms with E-state index in [9.17, 15) is 13.2 Å². The Kier molecular flexibility index (Phi) is 13.8. The quantitative estimate of drug-likeness (QED) is 0.569. The van der Waals surface area contributed by atoms with Crippen LogP contribution in [-0.4, -0.2) is 40.2 Å². The fourth-order valence-electron chi connectivity index (χ4n) is 0. The van der Waals surface area contributed by atoms with Crippen molar-refractivity contribution in [1.29, 1.82) is 0 Å². The number of hydrogen-bond acceptors (Lipinski definition) is 3. The molecule has 0 rings (SSSR count). The lowest BCUT2D eigenvalue weighted by Crippen LogP contribution is -2.21. The Morgan fingerprint density at radius 2 is 1.43 bits per heavy atom. The van der Waals surface area contributed by atoms with Crippen molar-refractivity contribution < 1.29 is 33.3 Å². The molecule has 88 valence electrons. The minimum atomic E-state index is -5.08. The Morgan fingerprint density at radius 3 is 1.43 bits per heavy atom. The van der Waals surface area contributed by atoms with E-state index in [1.807, 2.05) is 0 Å². The molecule has 0 saturated heterocycles. The van der Waals surface area contributed by atoms with E-state index in [0.29, 0.717) is 0 Å². The van der Waals surface area contributed by atoms with Crippen molar-refractivity contribution in [3.63, 3.8) is 0 Å². The molecule has 0 saturated carbocycles. The molecule has 0 unspecified atom stereocenters. The molecular weight excluding hydrogens is 205 g/mol. The van der Waals surface area contributed by atoms with E-state index in [1.54, 1.807) is 20.8 Å². The summed E-state index contributed by atoms with van der Waals surface area (Å²) in [5.74, 6) is -2.76. The zero-order chi connectivity index (χ0) is 12.4. The van der Waals surface area contributed by atoms with Gasteiger partial charge in [0.2, 0.25) is 0 Å². The van der Waals surface area contributed by atoms with Crippen molar-refractivity contribution in [3.8, 4) is 0 Å². The van der Waals surface area contributed by atoms with Crippen LogP contribution in [-0.2, 0) is 4.79 Å². The van der Waals surface area contributed by atoms with Crippen LogP contribution < -0.4 is 0 Å². The lowest BCUT2D eigenvalue weighted by molar-refractivity contribution is -0.192. The van der Waals surface area contributed by atoms with Gasteiger partial charge in [-0.25, -0.2) is 4.79 Å². The minimum absolute atomic E-state index is 0.167. The fourth-order valence-corrected chi connectivity index (χ4v) is 0. The molecule has 0 aliphatic heterocycles. The van der Waals surface area contributed by atoms with Gasteiger partial charge in [0.1, 0.15) is 0 Å². The lowest BCUT2D eigenvalue weighted by Gasteiger charge is -1.93. The van der Waals surface area contributed by atoms with Crippen LogP contribution in [0.2, 0.25) is 0 Å². The molecule has 0 aliphatic carbocycles. The highest BCUT2D eigenvalue weighted by Gasteiger charge is 2.38. The molecule has 14 heavy (non-hydrogen) atoms. The van der Waals surface area contributed by atoms with Crippen LogP contribution >= 0.6 is 0 Å². The van der Waals surface area contributed by atoms with E-state index in [1.165, 1.54) is 0 Å². The SMILES string of the molecule is CC(C)O.CCO.O=C(O)C(F)(F)F. The maximum absolute atomic E-state index is 10.6. The van der Waals surface area contributed by atoms with E-state index < -0.39 is 12.1 Å². The Bertz CT molecular complexity index is 131. The van der Waals surface area contributed by atoms with Crippen molar-refractivity contribution >= 4 is 5.97 Å². The molecule has 0 aromatic carbocycles.